The first-order valence-corrected chi connectivity index (χ1v) is 11.9. The van der Waals surface area contributed by atoms with E-state index in [9.17, 15) is 9.59 Å². The molecule has 0 fully saturated rings. The molecule has 1 amide bonds. The Morgan fingerprint density at radius 3 is 2.32 bits per heavy atom. The maximum atomic E-state index is 13.5. The van der Waals surface area contributed by atoms with E-state index in [0.29, 0.717) is 24.4 Å². The normalized spacial score (nSPS) is 11.4. The zero-order valence-corrected chi connectivity index (χ0v) is 20.6. The number of benzene rings is 2. The first-order valence-electron chi connectivity index (χ1n) is 11.9. The molecule has 34 heavy (non-hydrogen) atoms. The molecule has 0 unspecified atom stereocenters. The van der Waals surface area contributed by atoms with Crippen molar-refractivity contribution >= 4 is 22.6 Å². The number of rotatable bonds is 7. The molecule has 2 heterocycles. The van der Waals surface area contributed by atoms with Gasteiger partial charge < -0.3 is 5.32 Å². The highest BCUT2D eigenvalue weighted by Gasteiger charge is 2.21. The van der Waals surface area contributed by atoms with E-state index in [0.717, 1.165) is 33.7 Å². The van der Waals surface area contributed by atoms with Gasteiger partial charge in [0.2, 0.25) is 5.91 Å². The summed E-state index contributed by atoms with van der Waals surface area (Å²) in [4.78, 5) is 26.2. The topological polar surface area (TPSA) is 68.9 Å². The number of aromatic nitrogens is 3. The van der Waals surface area contributed by atoms with Crippen LogP contribution in [0.1, 0.15) is 55.5 Å². The Hall–Kier alpha value is -3.67. The van der Waals surface area contributed by atoms with Gasteiger partial charge in [0.05, 0.1) is 11.4 Å². The molecule has 0 saturated heterocycles. The van der Waals surface area contributed by atoms with Crippen LogP contribution in [0.3, 0.4) is 0 Å². The van der Waals surface area contributed by atoms with Gasteiger partial charge in [-0.2, -0.15) is 5.10 Å². The largest absolute Gasteiger partial charge is 0.326 e. The first-order chi connectivity index (χ1) is 16.3. The van der Waals surface area contributed by atoms with Crippen molar-refractivity contribution in [3.05, 3.63) is 87.3 Å². The van der Waals surface area contributed by atoms with Crippen molar-refractivity contribution in [2.45, 2.75) is 59.9 Å². The van der Waals surface area contributed by atoms with Crippen molar-refractivity contribution < 1.29 is 4.79 Å². The molecule has 1 N–H and O–H groups in total. The maximum Gasteiger partial charge on any atom is 0.255 e. The van der Waals surface area contributed by atoms with Gasteiger partial charge in [-0.3, -0.25) is 14.2 Å². The van der Waals surface area contributed by atoms with Gasteiger partial charge >= 0.3 is 0 Å². The van der Waals surface area contributed by atoms with Crippen molar-refractivity contribution in [3.63, 3.8) is 0 Å². The van der Waals surface area contributed by atoms with E-state index in [1.54, 1.807) is 4.57 Å². The number of aryl methyl sites for hydroxylation is 3. The van der Waals surface area contributed by atoms with Crippen molar-refractivity contribution in [2.24, 2.45) is 0 Å². The SMILES string of the molecule is CCn1c(=O)c(CCC(=O)Nc2ccc(C(C)C)cc2)c(C)c2c(C)nn(-c3ccccc3)c21. The van der Waals surface area contributed by atoms with Crippen LogP contribution in [0.25, 0.3) is 16.7 Å². The predicted molar refractivity (Wildman–Crippen MR) is 138 cm³/mol. The summed E-state index contributed by atoms with van der Waals surface area (Å²) in [6.45, 7) is 10.7. The molecule has 6 heteroatoms. The van der Waals surface area contributed by atoms with E-state index in [4.69, 9.17) is 5.10 Å². The predicted octanol–water partition coefficient (Wildman–Crippen LogP) is 5.52. The summed E-state index contributed by atoms with van der Waals surface area (Å²) in [6, 6.07) is 17.8. The van der Waals surface area contributed by atoms with Crippen LogP contribution < -0.4 is 10.9 Å². The Labute approximate surface area is 200 Å². The number of hydrogen-bond acceptors (Lipinski definition) is 3. The second kappa shape index (κ2) is 9.67. The molecular weight excluding hydrogens is 424 g/mol. The van der Waals surface area contributed by atoms with Gasteiger partial charge in [-0.25, -0.2) is 4.68 Å². The zero-order valence-electron chi connectivity index (χ0n) is 20.6. The standard InChI is InChI=1S/C28H32N4O2/c1-6-31-27-26(20(5)30-32(27)23-10-8-7-9-11-23)19(4)24(28(31)34)16-17-25(33)29-22-14-12-21(13-15-22)18(2)3/h7-15,18H,6,16-17H2,1-5H3,(H,29,33). The Bertz CT molecular complexity index is 1380. The average molecular weight is 457 g/mol. The molecule has 2 aromatic heterocycles. The highest BCUT2D eigenvalue weighted by Crippen LogP contribution is 2.26. The molecule has 4 aromatic rings. The number of hydrogen-bond donors (Lipinski definition) is 1. The fourth-order valence-electron chi connectivity index (χ4n) is 4.52. The van der Waals surface area contributed by atoms with E-state index in [2.05, 4.69) is 19.2 Å². The summed E-state index contributed by atoms with van der Waals surface area (Å²) in [7, 11) is 0. The lowest BCUT2D eigenvalue weighted by molar-refractivity contribution is -0.116. The number of pyridine rings is 1. The molecule has 6 nitrogen and oxygen atoms in total. The third kappa shape index (κ3) is 4.40. The minimum Gasteiger partial charge on any atom is -0.326 e. The lowest BCUT2D eigenvalue weighted by atomic mass is 10.0. The van der Waals surface area contributed by atoms with Crippen molar-refractivity contribution in [2.75, 3.05) is 5.32 Å². The summed E-state index contributed by atoms with van der Waals surface area (Å²) in [6.07, 6.45) is 0.621. The first kappa shape index (κ1) is 23.5. The number of nitrogens with zero attached hydrogens (tertiary/aromatic N) is 3. The molecule has 0 aliphatic carbocycles. The summed E-state index contributed by atoms with van der Waals surface area (Å²) < 4.78 is 3.62. The number of para-hydroxylation sites is 1. The number of nitrogens with one attached hydrogen (secondary N) is 1. The number of amides is 1. The number of carbonyl (C=O) groups excluding carboxylic acids is 1. The fraction of sp³-hybridized carbons (Fsp3) is 0.321. The summed E-state index contributed by atoms with van der Waals surface area (Å²) in [5, 5.41) is 8.69. The minimum absolute atomic E-state index is 0.0568. The lowest BCUT2D eigenvalue weighted by Crippen LogP contribution is -2.27. The van der Waals surface area contributed by atoms with E-state index >= 15 is 0 Å². The van der Waals surface area contributed by atoms with E-state index in [1.165, 1.54) is 5.56 Å². The van der Waals surface area contributed by atoms with Crippen LogP contribution in [0.2, 0.25) is 0 Å². The second-order valence-electron chi connectivity index (χ2n) is 9.01. The Morgan fingerprint density at radius 1 is 1.03 bits per heavy atom. The average Bonchev–Trinajstić information content (AvgIpc) is 3.17. The van der Waals surface area contributed by atoms with Crippen LogP contribution in [-0.2, 0) is 17.8 Å². The van der Waals surface area contributed by atoms with Crippen LogP contribution in [0, 0.1) is 13.8 Å². The van der Waals surface area contributed by atoms with Crippen molar-refractivity contribution in [1.82, 2.24) is 14.3 Å². The number of carbonyl (C=O) groups is 1. The van der Waals surface area contributed by atoms with Gasteiger partial charge in [0.1, 0.15) is 5.65 Å². The van der Waals surface area contributed by atoms with Gasteiger partial charge in [0.15, 0.2) is 0 Å². The second-order valence-corrected chi connectivity index (χ2v) is 9.01. The van der Waals surface area contributed by atoms with Gasteiger partial charge in [-0.05, 0) is 68.5 Å². The monoisotopic (exact) mass is 456 g/mol. The van der Waals surface area contributed by atoms with Crippen LogP contribution in [0.4, 0.5) is 5.69 Å². The van der Waals surface area contributed by atoms with Crippen LogP contribution in [0.5, 0.6) is 0 Å². The highest BCUT2D eigenvalue weighted by atomic mass is 16.1. The number of fused-ring (bicyclic) bond motifs is 1. The van der Waals surface area contributed by atoms with Crippen LogP contribution in [-0.4, -0.2) is 20.3 Å². The Morgan fingerprint density at radius 2 is 1.71 bits per heavy atom. The highest BCUT2D eigenvalue weighted by molar-refractivity contribution is 5.91. The quantitative estimate of drug-likeness (QED) is 0.398. The van der Waals surface area contributed by atoms with Gasteiger partial charge in [0.25, 0.3) is 5.56 Å². The smallest absolute Gasteiger partial charge is 0.255 e. The molecule has 176 valence electrons. The van der Waals surface area contributed by atoms with Gasteiger partial charge in [-0.15, -0.1) is 0 Å². The fourth-order valence-corrected chi connectivity index (χ4v) is 4.52. The molecule has 0 aliphatic rings. The molecule has 0 bridgehead atoms. The summed E-state index contributed by atoms with van der Waals surface area (Å²) in [5.41, 5.74) is 6.10. The lowest BCUT2D eigenvalue weighted by Gasteiger charge is -2.14. The summed E-state index contributed by atoms with van der Waals surface area (Å²) in [5.74, 6) is 0.342. The third-order valence-electron chi connectivity index (χ3n) is 6.40. The van der Waals surface area contributed by atoms with E-state index in [1.807, 2.05) is 80.1 Å². The number of anilines is 1. The minimum atomic E-state index is -0.101. The molecule has 0 spiro atoms. The van der Waals surface area contributed by atoms with Gasteiger partial charge in [-0.1, -0.05) is 44.2 Å². The molecule has 2 aromatic carbocycles. The maximum absolute atomic E-state index is 13.5. The molecule has 0 radical (unpaired) electrons. The van der Waals surface area contributed by atoms with Crippen LogP contribution in [0.15, 0.2) is 59.4 Å². The van der Waals surface area contributed by atoms with Crippen molar-refractivity contribution in [3.8, 4) is 5.69 Å². The molecule has 4 rings (SSSR count). The van der Waals surface area contributed by atoms with E-state index < -0.39 is 0 Å². The molecule has 0 saturated carbocycles. The Balaban J connectivity index is 1.64. The molecular formula is C28H32N4O2. The van der Waals surface area contributed by atoms with Crippen LogP contribution >= 0.6 is 0 Å². The summed E-state index contributed by atoms with van der Waals surface area (Å²) >= 11 is 0. The molecule has 0 atom stereocenters. The zero-order chi connectivity index (χ0) is 24.4. The van der Waals surface area contributed by atoms with E-state index in [-0.39, 0.29) is 17.9 Å². The third-order valence-corrected chi connectivity index (χ3v) is 6.40. The Kier molecular flexibility index (Phi) is 6.68. The van der Waals surface area contributed by atoms with Gasteiger partial charge in [0, 0.05) is 29.6 Å². The molecule has 0 aliphatic heterocycles. The van der Waals surface area contributed by atoms with Crippen molar-refractivity contribution in [1.29, 1.82) is 0 Å².